The third-order valence-electron chi connectivity index (χ3n) is 3.64. The van der Waals surface area contributed by atoms with E-state index in [9.17, 15) is 30.8 Å². The molecule has 0 fully saturated rings. The third kappa shape index (κ3) is 4.70. The van der Waals surface area contributed by atoms with Gasteiger partial charge in [0.15, 0.2) is 15.6 Å². The zero-order chi connectivity index (χ0) is 19.7. The molecule has 0 aliphatic heterocycles. The highest BCUT2D eigenvalue weighted by Crippen LogP contribution is 2.34. The van der Waals surface area contributed by atoms with E-state index in [1.165, 1.54) is 25.1 Å². The molecule has 2 aromatic carbocycles. The normalized spacial score (nSPS) is 12.2. The van der Waals surface area contributed by atoms with E-state index in [0.717, 1.165) is 12.1 Å². The van der Waals surface area contributed by atoms with Crippen molar-refractivity contribution in [3.8, 4) is 0 Å². The summed E-state index contributed by atoms with van der Waals surface area (Å²) >= 11 is 3.09. The van der Waals surface area contributed by atoms with Crippen molar-refractivity contribution in [1.29, 1.82) is 0 Å². The minimum absolute atomic E-state index is 0.0597. The molecule has 0 amide bonds. The highest BCUT2D eigenvalue weighted by atomic mass is 79.9. The minimum atomic E-state index is -4.89. The Bertz CT molecular complexity index is 953. The summed E-state index contributed by atoms with van der Waals surface area (Å²) in [6.07, 6.45) is -4.89. The van der Waals surface area contributed by atoms with Gasteiger partial charge < -0.3 is 0 Å². The lowest BCUT2D eigenvalue weighted by Gasteiger charge is -2.13. The molecular weight excluding hydrogens is 440 g/mol. The second-order valence-corrected chi connectivity index (χ2v) is 8.72. The van der Waals surface area contributed by atoms with Crippen molar-refractivity contribution >= 4 is 31.6 Å². The van der Waals surface area contributed by atoms with E-state index >= 15 is 0 Å². The molecule has 0 atom stereocenters. The molecule has 0 aliphatic rings. The summed E-state index contributed by atoms with van der Waals surface area (Å²) in [5.41, 5.74) is -1.74. The molecule has 0 N–H and O–H groups in total. The van der Waals surface area contributed by atoms with E-state index in [1.807, 2.05) is 0 Å². The molecule has 0 unspecified atom stereocenters. The van der Waals surface area contributed by atoms with Gasteiger partial charge in [-0.15, -0.1) is 0 Å². The molecule has 0 spiro atoms. The standard InChI is InChI=1S/C17H13BrF4O3S/c1-2-26(24,25)9-10-3-5-13(15(18)7-10)16(23)12-6-4-11(19)8-14(12)17(20,21)22/h3-8H,2,9H2,1H3. The Labute approximate surface area is 156 Å². The number of halogens is 5. The number of rotatable bonds is 5. The Morgan fingerprint density at radius 3 is 2.23 bits per heavy atom. The first-order valence-electron chi connectivity index (χ1n) is 7.35. The van der Waals surface area contributed by atoms with Gasteiger partial charge in [-0.25, -0.2) is 12.8 Å². The summed E-state index contributed by atoms with van der Waals surface area (Å²) in [6.45, 7) is 1.50. The SMILES string of the molecule is CCS(=O)(=O)Cc1ccc(C(=O)c2ccc(F)cc2C(F)(F)F)c(Br)c1. The number of carbonyl (C=O) groups excluding carboxylic acids is 1. The first kappa shape index (κ1) is 20.6. The fraction of sp³-hybridized carbons (Fsp3) is 0.235. The highest BCUT2D eigenvalue weighted by Gasteiger charge is 2.36. The van der Waals surface area contributed by atoms with Crippen LogP contribution in [0.2, 0.25) is 0 Å². The van der Waals surface area contributed by atoms with E-state index in [-0.39, 0.29) is 27.6 Å². The first-order valence-corrected chi connectivity index (χ1v) is 9.96. The Morgan fingerprint density at radius 1 is 1.08 bits per heavy atom. The predicted octanol–water partition coefficient (Wildman–Crippen LogP) is 4.77. The summed E-state index contributed by atoms with van der Waals surface area (Å²) in [4.78, 5) is 12.5. The molecule has 140 valence electrons. The van der Waals surface area contributed by atoms with Gasteiger partial charge in [0.05, 0.1) is 11.3 Å². The van der Waals surface area contributed by atoms with E-state index in [0.29, 0.717) is 5.56 Å². The van der Waals surface area contributed by atoms with Crippen LogP contribution in [0.15, 0.2) is 40.9 Å². The largest absolute Gasteiger partial charge is 0.417 e. The molecule has 2 rings (SSSR count). The molecule has 0 heterocycles. The maximum atomic E-state index is 13.2. The predicted molar refractivity (Wildman–Crippen MR) is 92.1 cm³/mol. The Hall–Kier alpha value is -1.74. The minimum Gasteiger partial charge on any atom is -0.289 e. The smallest absolute Gasteiger partial charge is 0.289 e. The molecule has 0 saturated heterocycles. The first-order chi connectivity index (χ1) is 11.9. The number of hydrogen-bond donors (Lipinski definition) is 0. The third-order valence-corrected chi connectivity index (χ3v) is 5.95. The number of alkyl halides is 3. The number of sulfone groups is 1. The van der Waals surface area contributed by atoms with Crippen LogP contribution >= 0.6 is 15.9 Å². The van der Waals surface area contributed by atoms with E-state index in [2.05, 4.69) is 15.9 Å². The van der Waals surface area contributed by atoms with Crippen molar-refractivity contribution in [1.82, 2.24) is 0 Å². The molecular formula is C17H13BrF4O3S. The average Bonchev–Trinajstić information content (AvgIpc) is 2.53. The molecule has 0 aliphatic carbocycles. The number of ketones is 1. The molecule has 9 heteroatoms. The molecule has 0 bridgehead atoms. The van der Waals surface area contributed by atoms with Crippen molar-refractivity contribution in [3.63, 3.8) is 0 Å². The summed E-state index contributed by atoms with van der Waals surface area (Å²) in [5.74, 6) is -2.36. The highest BCUT2D eigenvalue weighted by molar-refractivity contribution is 9.10. The van der Waals surface area contributed by atoms with Crippen molar-refractivity contribution in [3.05, 3.63) is 68.9 Å². The second-order valence-electron chi connectivity index (χ2n) is 5.51. The quantitative estimate of drug-likeness (QED) is 0.484. The maximum Gasteiger partial charge on any atom is 0.417 e. The van der Waals surface area contributed by atoms with Gasteiger partial charge in [-0.2, -0.15) is 13.2 Å². The van der Waals surface area contributed by atoms with Gasteiger partial charge >= 0.3 is 6.18 Å². The van der Waals surface area contributed by atoms with Crippen molar-refractivity contribution < 1.29 is 30.8 Å². The topological polar surface area (TPSA) is 51.2 Å². The van der Waals surface area contributed by atoms with Gasteiger partial charge in [-0.1, -0.05) is 28.9 Å². The molecule has 0 radical (unpaired) electrons. The maximum absolute atomic E-state index is 13.2. The Balaban J connectivity index is 2.46. The van der Waals surface area contributed by atoms with Crippen LogP contribution in [0.4, 0.5) is 17.6 Å². The van der Waals surface area contributed by atoms with Crippen molar-refractivity contribution in [2.45, 2.75) is 18.9 Å². The van der Waals surface area contributed by atoms with Gasteiger partial charge in [0.25, 0.3) is 0 Å². The van der Waals surface area contributed by atoms with E-state index in [1.54, 1.807) is 0 Å². The van der Waals surface area contributed by atoms with Gasteiger partial charge in [0, 0.05) is 21.4 Å². The monoisotopic (exact) mass is 452 g/mol. The number of hydrogen-bond acceptors (Lipinski definition) is 3. The van der Waals surface area contributed by atoms with Crippen LogP contribution in [0.1, 0.15) is 34.0 Å². The Morgan fingerprint density at radius 2 is 1.69 bits per heavy atom. The van der Waals surface area contributed by atoms with Crippen LogP contribution in [-0.2, 0) is 21.8 Å². The number of carbonyl (C=O) groups is 1. The molecule has 0 aromatic heterocycles. The average molecular weight is 453 g/mol. The Kier molecular flexibility index (Phi) is 5.92. The van der Waals surface area contributed by atoms with Crippen LogP contribution in [0.3, 0.4) is 0 Å². The van der Waals surface area contributed by atoms with Gasteiger partial charge in [0.1, 0.15) is 5.82 Å². The van der Waals surface area contributed by atoms with Gasteiger partial charge in [-0.05, 0) is 35.9 Å². The van der Waals surface area contributed by atoms with Gasteiger partial charge in [0.2, 0.25) is 0 Å². The van der Waals surface area contributed by atoms with Crippen molar-refractivity contribution in [2.24, 2.45) is 0 Å². The summed E-state index contributed by atoms with van der Waals surface area (Å²) in [5, 5.41) is 0. The summed E-state index contributed by atoms with van der Waals surface area (Å²) in [6, 6.07) is 5.81. The van der Waals surface area contributed by atoms with E-state index in [4.69, 9.17) is 0 Å². The molecule has 26 heavy (non-hydrogen) atoms. The molecule has 3 nitrogen and oxygen atoms in total. The van der Waals surface area contributed by atoms with Crippen LogP contribution < -0.4 is 0 Å². The van der Waals surface area contributed by atoms with Crippen LogP contribution in [0.25, 0.3) is 0 Å². The van der Waals surface area contributed by atoms with Crippen LogP contribution in [0, 0.1) is 5.82 Å². The molecule has 0 saturated carbocycles. The van der Waals surface area contributed by atoms with Gasteiger partial charge in [-0.3, -0.25) is 4.79 Å². The fourth-order valence-electron chi connectivity index (χ4n) is 2.28. The zero-order valence-electron chi connectivity index (χ0n) is 13.4. The molecule has 2 aromatic rings. The van der Waals surface area contributed by atoms with Crippen molar-refractivity contribution in [2.75, 3.05) is 5.75 Å². The lowest BCUT2D eigenvalue weighted by atomic mass is 9.97. The summed E-state index contributed by atoms with van der Waals surface area (Å²) < 4.78 is 76.0. The van der Waals surface area contributed by atoms with Crippen LogP contribution in [0.5, 0.6) is 0 Å². The number of benzene rings is 2. The second kappa shape index (κ2) is 7.48. The lowest BCUT2D eigenvalue weighted by Crippen LogP contribution is -2.15. The van der Waals surface area contributed by atoms with Crippen LogP contribution in [-0.4, -0.2) is 20.0 Å². The zero-order valence-corrected chi connectivity index (χ0v) is 15.8. The van der Waals surface area contributed by atoms with E-state index < -0.39 is 38.7 Å². The summed E-state index contributed by atoms with van der Waals surface area (Å²) in [7, 11) is -3.30. The fourth-order valence-corrected chi connectivity index (χ4v) is 3.78. The lowest BCUT2D eigenvalue weighted by molar-refractivity contribution is -0.138.